The molecule has 1 N–H and O–H groups in total. The third-order valence-corrected chi connectivity index (χ3v) is 5.02. The average molecular weight is 364 g/mol. The predicted molar refractivity (Wildman–Crippen MR) is 86.6 cm³/mol. The molecule has 1 aliphatic rings. The molecule has 0 fully saturated rings. The van der Waals surface area contributed by atoms with E-state index in [-0.39, 0.29) is 11.4 Å². The van der Waals surface area contributed by atoms with Crippen molar-refractivity contribution < 1.29 is 22.5 Å². The molecule has 2 heterocycles. The van der Waals surface area contributed by atoms with Crippen molar-refractivity contribution in [3.63, 3.8) is 0 Å². The van der Waals surface area contributed by atoms with Crippen LogP contribution in [0.4, 0.5) is 18.9 Å². The van der Waals surface area contributed by atoms with Gasteiger partial charge in [-0.05, 0) is 42.5 Å². The third kappa shape index (κ3) is 2.82. The first-order valence-corrected chi connectivity index (χ1v) is 8.35. The van der Waals surface area contributed by atoms with Crippen molar-refractivity contribution in [3.8, 4) is 11.3 Å². The van der Waals surface area contributed by atoms with Gasteiger partial charge < -0.3 is 9.84 Å². The minimum absolute atomic E-state index is 0.0589. The molecular weight excluding hydrogens is 353 g/mol. The number of alkyl halides is 3. The van der Waals surface area contributed by atoms with Crippen LogP contribution in [-0.4, -0.2) is 11.1 Å². The van der Waals surface area contributed by atoms with Gasteiger partial charge >= 0.3 is 6.18 Å². The van der Waals surface area contributed by atoms with Crippen molar-refractivity contribution in [3.05, 3.63) is 57.4 Å². The number of hydrogen-bond donors (Lipinski definition) is 1. The van der Waals surface area contributed by atoms with E-state index >= 15 is 0 Å². The van der Waals surface area contributed by atoms with Gasteiger partial charge in [-0.2, -0.15) is 13.2 Å². The minimum Gasteiger partial charge on any atom is -0.355 e. The zero-order chi connectivity index (χ0) is 17.6. The molecule has 4 rings (SSSR count). The Balaban J connectivity index is 1.62. The van der Waals surface area contributed by atoms with Crippen LogP contribution < -0.4 is 5.32 Å². The molecule has 8 heteroatoms. The van der Waals surface area contributed by atoms with Gasteiger partial charge in [-0.15, -0.1) is 11.3 Å². The maximum Gasteiger partial charge on any atom is 0.416 e. The van der Waals surface area contributed by atoms with Gasteiger partial charge in [0.15, 0.2) is 11.5 Å². The molecule has 0 atom stereocenters. The van der Waals surface area contributed by atoms with Crippen LogP contribution in [0.3, 0.4) is 0 Å². The molecule has 0 radical (unpaired) electrons. The first kappa shape index (κ1) is 15.9. The highest BCUT2D eigenvalue weighted by Gasteiger charge is 2.31. The molecule has 1 amide bonds. The van der Waals surface area contributed by atoms with Gasteiger partial charge in [0.05, 0.1) is 5.56 Å². The lowest BCUT2D eigenvalue weighted by Gasteiger charge is -2.11. The number of anilines is 1. The second-order valence-electron chi connectivity index (χ2n) is 5.63. The number of amides is 1. The van der Waals surface area contributed by atoms with Crippen molar-refractivity contribution >= 4 is 22.9 Å². The van der Waals surface area contributed by atoms with Gasteiger partial charge in [0.25, 0.3) is 5.91 Å². The monoisotopic (exact) mass is 364 g/mol. The van der Waals surface area contributed by atoms with E-state index in [0.717, 1.165) is 24.1 Å². The Morgan fingerprint density at radius 3 is 2.88 bits per heavy atom. The molecule has 2 aromatic heterocycles. The van der Waals surface area contributed by atoms with Crippen molar-refractivity contribution in [2.45, 2.75) is 19.0 Å². The van der Waals surface area contributed by atoms with Crippen LogP contribution in [-0.2, 0) is 19.0 Å². The van der Waals surface area contributed by atoms with E-state index in [1.807, 2.05) is 11.4 Å². The Kier molecular flexibility index (Phi) is 3.64. The number of halogens is 3. The highest BCUT2D eigenvalue weighted by atomic mass is 32.1. The van der Waals surface area contributed by atoms with Gasteiger partial charge in [0.1, 0.15) is 0 Å². The van der Waals surface area contributed by atoms with Crippen LogP contribution in [0, 0.1) is 0 Å². The Morgan fingerprint density at radius 2 is 2.08 bits per heavy atom. The second kappa shape index (κ2) is 5.73. The van der Waals surface area contributed by atoms with Crippen molar-refractivity contribution in [2.75, 3.05) is 5.32 Å². The van der Waals surface area contributed by atoms with Gasteiger partial charge in [0, 0.05) is 21.7 Å². The maximum absolute atomic E-state index is 12.8. The molecule has 0 bridgehead atoms. The summed E-state index contributed by atoms with van der Waals surface area (Å²) in [5, 5.41) is 8.25. The van der Waals surface area contributed by atoms with E-state index in [9.17, 15) is 18.0 Å². The fraction of sp³-hybridized carbons (Fsp3) is 0.176. The lowest BCUT2D eigenvalue weighted by Crippen LogP contribution is -2.16. The molecule has 4 nitrogen and oxygen atoms in total. The average Bonchev–Trinajstić information content (AvgIpc) is 3.20. The smallest absolute Gasteiger partial charge is 0.355 e. The fourth-order valence-electron chi connectivity index (χ4n) is 2.87. The van der Waals surface area contributed by atoms with Crippen molar-refractivity contribution in [1.82, 2.24) is 5.16 Å². The summed E-state index contributed by atoms with van der Waals surface area (Å²) in [4.78, 5) is 13.6. The highest BCUT2D eigenvalue weighted by molar-refractivity contribution is 7.10. The van der Waals surface area contributed by atoms with E-state index < -0.39 is 17.6 Å². The number of hydrogen-bond acceptors (Lipinski definition) is 4. The number of benzene rings is 1. The van der Waals surface area contributed by atoms with Crippen LogP contribution in [0.1, 0.15) is 26.5 Å². The predicted octanol–water partition coefficient (Wildman–Crippen LogP) is 4.77. The molecule has 0 unspecified atom stereocenters. The minimum atomic E-state index is -4.47. The van der Waals surface area contributed by atoms with E-state index in [2.05, 4.69) is 10.5 Å². The number of nitrogens with one attached hydrogen (secondary N) is 1. The van der Waals surface area contributed by atoms with Crippen molar-refractivity contribution in [1.29, 1.82) is 0 Å². The summed E-state index contributed by atoms with van der Waals surface area (Å²) in [6, 6.07) is 6.40. The van der Waals surface area contributed by atoms with Crippen molar-refractivity contribution in [2.24, 2.45) is 0 Å². The standard InChI is InChI=1S/C17H11F3N2O2S/c18-17(19,20)9-2-1-3-10(8-9)21-16(23)14-12-4-5-13-11(6-7-25-13)15(12)24-22-14/h1-3,6-8H,4-5H2,(H,21,23). The summed E-state index contributed by atoms with van der Waals surface area (Å²) < 4.78 is 43.6. The van der Waals surface area contributed by atoms with Crippen LogP contribution in [0.2, 0.25) is 0 Å². The molecule has 1 aliphatic carbocycles. The van der Waals surface area contributed by atoms with E-state index in [1.165, 1.54) is 17.0 Å². The Bertz CT molecular complexity index is 959. The van der Waals surface area contributed by atoms with Gasteiger partial charge in [0.2, 0.25) is 0 Å². The molecule has 3 aromatic rings. The van der Waals surface area contributed by atoms with Crippen LogP contribution in [0.5, 0.6) is 0 Å². The number of aryl methyl sites for hydroxylation is 1. The Morgan fingerprint density at radius 1 is 1.24 bits per heavy atom. The summed E-state index contributed by atoms with van der Waals surface area (Å²) in [5.74, 6) is -0.0142. The molecule has 128 valence electrons. The summed E-state index contributed by atoms with van der Waals surface area (Å²) in [7, 11) is 0. The second-order valence-corrected chi connectivity index (χ2v) is 6.63. The lowest BCUT2D eigenvalue weighted by atomic mass is 9.95. The zero-order valence-electron chi connectivity index (χ0n) is 12.7. The topological polar surface area (TPSA) is 55.1 Å². The molecule has 0 saturated carbocycles. The molecule has 0 saturated heterocycles. The number of carbonyl (C=O) groups excluding carboxylic acids is 1. The Hall–Kier alpha value is -2.61. The zero-order valence-corrected chi connectivity index (χ0v) is 13.5. The number of thiophene rings is 1. The number of fused-ring (bicyclic) bond motifs is 3. The van der Waals surface area contributed by atoms with Crippen LogP contribution in [0.25, 0.3) is 11.3 Å². The normalized spacial score (nSPS) is 13.2. The number of rotatable bonds is 2. The van der Waals surface area contributed by atoms with E-state index in [1.54, 1.807) is 11.3 Å². The molecule has 0 spiro atoms. The van der Waals surface area contributed by atoms with Crippen LogP contribution >= 0.6 is 11.3 Å². The third-order valence-electron chi connectivity index (χ3n) is 4.04. The maximum atomic E-state index is 12.8. The molecule has 25 heavy (non-hydrogen) atoms. The summed E-state index contributed by atoms with van der Waals surface area (Å²) >= 11 is 1.62. The van der Waals surface area contributed by atoms with Gasteiger partial charge in [-0.3, -0.25) is 4.79 Å². The van der Waals surface area contributed by atoms with Gasteiger partial charge in [-0.25, -0.2) is 0 Å². The first-order valence-electron chi connectivity index (χ1n) is 7.47. The van der Waals surface area contributed by atoms with E-state index in [0.29, 0.717) is 17.7 Å². The number of aromatic nitrogens is 1. The fourth-order valence-corrected chi connectivity index (χ4v) is 3.75. The highest BCUT2D eigenvalue weighted by Crippen LogP contribution is 2.38. The SMILES string of the molecule is O=C(Nc1cccc(C(F)(F)F)c1)c1noc2c1CCc1sccc1-2. The number of nitrogens with zero attached hydrogens (tertiary/aromatic N) is 1. The van der Waals surface area contributed by atoms with E-state index in [4.69, 9.17) is 4.52 Å². The molecule has 0 aliphatic heterocycles. The van der Waals surface area contributed by atoms with Gasteiger partial charge in [-0.1, -0.05) is 11.2 Å². The summed E-state index contributed by atoms with van der Waals surface area (Å²) in [6.07, 6.45) is -3.08. The summed E-state index contributed by atoms with van der Waals surface area (Å²) in [6.45, 7) is 0. The lowest BCUT2D eigenvalue weighted by molar-refractivity contribution is -0.137. The first-order chi connectivity index (χ1) is 11.9. The molecule has 1 aromatic carbocycles. The van der Waals surface area contributed by atoms with Crippen LogP contribution in [0.15, 0.2) is 40.2 Å². The molecular formula is C17H11F3N2O2S. The Labute approximate surface area is 144 Å². The summed E-state index contributed by atoms with van der Waals surface area (Å²) in [5.41, 5.74) is 0.968. The largest absolute Gasteiger partial charge is 0.416 e. The number of carbonyl (C=O) groups is 1. The quantitative estimate of drug-likeness (QED) is 0.712.